The Labute approximate surface area is 136 Å². The largest absolute Gasteiger partial charge is 0.493 e. The minimum absolute atomic E-state index is 0.0509. The van der Waals surface area contributed by atoms with Gasteiger partial charge in [-0.3, -0.25) is 4.79 Å². The highest BCUT2D eigenvalue weighted by Gasteiger charge is 2.40. The summed E-state index contributed by atoms with van der Waals surface area (Å²) in [5, 5.41) is 2.20. The van der Waals surface area contributed by atoms with Crippen molar-refractivity contribution in [3.63, 3.8) is 0 Å². The van der Waals surface area contributed by atoms with E-state index in [0.29, 0.717) is 11.5 Å². The number of rotatable bonds is 7. The van der Waals surface area contributed by atoms with E-state index < -0.39 is 0 Å². The van der Waals surface area contributed by atoms with Crippen LogP contribution in [-0.2, 0) is 4.79 Å². The molecule has 22 heavy (non-hydrogen) atoms. The third-order valence-corrected chi connectivity index (χ3v) is 5.50. The lowest BCUT2D eigenvalue weighted by atomic mass is 10.1. The molecule has 1 amide bonds. The quantitative estimate of drug-likeness (QED) is 0.820. The highest BCUT2D eigenvalue weighted by Crippen LogP contribution is 2.45. The van der Waals surface area contributed by atoms with E-state index in [0.717, 1.165) is 25.1 Å². The smallest absolute Gasteiger partial charge is 0.237 e. The van der Waals surface area contributed by atoms with Crippen molar-refractivity contribution in [2.45, 2.75) is 24.0 Å². The van der Waals surface area contributed by atoms with Crippen LogP contribution < -0.4 is 14.8 Å². The van der Waals surface area contributed by atoms with Gasteiger partial charge in [-0.2, -0.15) is 0 Å². The van der Waals surface area contributed by atoms with Gasteiger partial charge in [0, 0.05) is 0 Å². The maximum atomic E-state index is 12.5. The predicted octanol–water partition coefficient (Wildman–Crippen LogP) is 1.25. The van der Waals surface area contributed by atoms with Crippen molar-refractivity contribution in [1.82, 2.24) is 4.90 Å². The average Bonchev–Trinajstić information content (AvgIpc) is 2.88. The van der Waals surface area contributed by atoms with Gasteiger partial charge in [-0.15, -0.1) is 11.8 Å². The SMILES string of the molecule is CC[C@H]1S[C@@H](c2ccc(OC)c(OC)c2)N(CC[NH2+]C)C1=O. The number of ether oxygens (including phenoxy) is 2. The molecule has 1 aromatic carbocycles. The average molecular weight is 325 g/mol. The van der Waals surface area contributed by atoms with Gasteiger partial charge in [-0.05, 0) is 24.1 Å². The van der Waals surface area contributed by atoms with Gasteiger partial charge in [-0.1, -0.05) is 13.0 Å². The number of benzene rings is 1. The molecule has 2 atom stereocenters. The number of quaternary nitrogens is 1. The van der Waals surface area contributed by atoms with Crippen LogP contribution >= 0.6 is 11.8 Å². The lowest BCUT2D eigenvalue weighted by Gasteiger charge is -2.24. The number of amides is 1. The number of thioether (sulfide) groups is 1. The first-order valence-electron chi connectivity index (χ1n) is 7.61. The molecule has 1 aromatic rings. The molecule has 0 saturated carbocycles. The van der Waals surface area contributed by atoms with Crippen molar-refractivity contribution >= 4 is 17.7 Å². The minimum Gasteiger partial charge on any atom is -0.493 e. The Kier molecular flexibility index (Phi) is 5.97. The topological polar surface area (TPSA) is 55.4 Å². The molecule has 0 aromatic heterocycles. The summed E-state index contributed by atoms with van der Waals surface area (Å²) < 4.78 is 10.7. The first-order chi connectivity index (χ1) is 10.7. The summed E-state index contributed by atoms with van der Waals surface area (Å²) >= 11 is 1.73. The van der Waals surface area contributed by atoms with Gasteiger partial charge >= 0.3 is 0 Å². The lowest BCUT2D eigenvalue weighted by molar-refractivity contribution is -0.626. The molecule has 0 aliphatic carbocycles. The van der Waals surface area contributed by atoms with Crippen LogP contribution in [0, 0.1) is 0 Å². The second-order valence-electron chi connectivity index (χ2n) is 5.23. The number of carbonyl (C=O) groups excluding carboxylic acids is 1. The van der Waals surface area contributed by atoms with E-state index in [4.69, 9.17) is 9.47 Å². The summed E-state index contributed by atoms with van der Waals surface area (Å²) in [6, 6.07) is 5.90. The fourth-order valence-corrected chi connectivity index (χ4v) is 4.03. The minimum atomic E-state index is 0.0509. The number of nitrogens with two attached hydrogens (primary N) is 1. The van der Waals surface area contributed by atoms with E-state index in [9.17, 15) is 4.79 Å². The van der Waals surface area contributed by atoms with Gasteiger partial charge in [0.1, 0.15) is 5.37 Å². The Morgan fingerprint density at radius 3 is 2.59 bits per heavy atom. The van der Waals surface area contributed by atoms with Crippen LogP contribution in [-0.4, -0.2) is 50.4 Å². The Morgan fingerprint density at radius 1 is 1.27 bits per heavy atom. The fraction of sp³-hybridized carbons (Fsp3) is 0.562. The van der Waals surface area contributed by atoms with Crippen molar-refractivity contribution in [1.29, 1.82) is 0 Å². The molecule has 1 saturated heterocycles. The zero-order valence-electron chi connectivity index (χ0n) is 13.7. The van der Waals surface area contributed by atoms with Crippen LogP contribution in [0.1, 0.15) is 24.3 Å². The van der Waals surface area contributed by atoms with Crippen molar-refractivity contribution < 1.29 is 19.6 Å². The van der Waals surface area contributed by atoms with Gasteiger partial charge in [-0.25, -0.2) is 0 Å². The molecule has 0 unspecified atom stereocenters. The highest BCUT2D eigenvalue weighted by molar-refractivity contribution is 8.01. The predicted molar refractivity (Wildman–Crippen MR) is 88.4 cm³/mol. The summed E-state index contributed by atoms with van der Waals surface area (Å²) in [4.78, 5) is 14.5. The Hall–Kier alpha value is -1.40. The first-order valence-corrected chi connectivity index (χ1v) is 8.56. The van der Waals surface area contributed by atoms with Gasteiger partial charge < -0.3 is 19.7 Å². The molecule has 0 bridgehead atoms. The second-order valence-corrected chi connectivity index (χ2v) is 6.52. The van der Waals surface area contributed by atoms with E-state index in [2.05, 4.69) is 12.2 Å². The molecule has 5 nitrogen and oxygen atoms in total. The monoisotopic (exact) mass is 325 g/mol. The van der Waals surface area contributed by atoms with E-state index in [-0.39, 0.29) is 16.5 Å². The van der Waals surface area contributed by atoms with Crippen LogP contribution in [0.15, 0.2) is 18.2 Å². The van der Waals surface area contributed by atoms with Gasteiger partial charge in [0.15, 0.2) is 11.5 Å². The normalized spacial score (nSPS) is 21.3. The zero-order valence-corrected chi connectivity index (χ0v) is 14.5. The third-order valence-electron chi connectivity index (χ3n) is 3.86. The summed E-state index contributed by atoms with van der Waals surface area (Å²) in [5.41, 5.74) is 1.09. The zero-order chi connectivity index (χ0) is 16.1. The van der Waals surface area contributed by atoms with Crippen LogP contribution in [0.3, 0.4) is 0 Å². The van der Waals surface area contributed by atoms with Crippen LogP contribution in [0.5, 0.6) is 11.5 Å². The number of nitrogens with zero attached hydrogens (tertiary/aromatic N) is 1. The van der Waals surface area contributed by atoms with Crippen molar-refractivity contribution in [2.75, 3.05) is 34.4 Å². The number of methoxy groups -OCH3 is 2. The molecule has 2 N–H and O–H groups in total. The summed E-state index contributed by atoms with van der Waals surface area (Å²) in [5.74, 6) is 1.66. The number of carbonyl (C=O) groups is 1. The number of hydrogen-bond acceptors (Lipinski definition) is 4. The number of hydrogen-bond donors (Lipinski definition) is 1. The van der Waals surface area contributed by atoms with Gasteiger partial charge in [0.2, 0.25) is 5.91 Å². The van der Waals surface area contributed by atoms with Crippen LogP contribution in [0.2, 0.25) is 0 Å². The molecule has 1 aliphatic rings. The molecule has 122 valence electrons. The maximum absolute atomic E-state index is 12.5. The van der Waals surface area contributed by atoms with Gasteiger partial charge in [0.05, 0.1) is 39.6 Å². The van der Waals surface area contributed by atoms with E-state index in [1.165, 1.54) is 0 Å². The standard InChI is InChI=1S/C16H24N2O3S/c1-5-14-15(19)18(9-8-17-2)16(22-14)11-6-7-12(20-3)13(10-11)21-4/h6-7,10,14,16-17H,5,8-9H2,1-4H3/p+1/t14-,16+/m1/s1. The maximum Gasteiger partial charge on any atom is 0.237 e. The molecule has 6 heteroatoms. The summed E-state index contributed by atoms with van der Waals surface area (Å²) in [7, 11) is 5.28. The van der Waals surface area contributed by atoms with Crippen molar-refractivity contribution in [3.8, 4) is 11.5 Å². The van der Waals surface area contributed by atoms with E-state index >= 15 is 0 Å². The Morgan fingerprint density at radius 2 is 2.00 bits per heavy atom. The number of likely N-dealkylation sites (N-methyl/N-ethyl adjacent to an activating group) is 1. The van der Waals surface area contributed by atoms with Crippen LogP contribution in [0.4, 0.5) is 0 Å². The van der Waals surface area contributed by atoms with Crippen LogP contribution in [0.25, 0.3) is 0 Å². The van der Waals surface area contributed by atoms with Gasteiger partial charge in [0.25, 0.3) is 0 Å². The first kappa shape index (κ1) is 17.0. The molecular weight excluding hydrogens is 300 g/mol. The van der Waals surface area contributed by atoms with E-state index in [1.807, 2.05) is 30.1 Å². The third kappa shape index (κ3) is 3.33. The second kappa shape index (κ2) is 7.74. The Balaban J connectivity index is 2.29. The fourth-order valence-electron chi connectivity index (χ4n) is 2.62. The highest BCUT2D eigenvalue weighted by atomic mass is 32.2. The summed E-state index contributed by atoms with van der Waals surface area (Å²) in [6.45, 7) is 3.74. The Bertz CT molecular complexity index is 524. The van der Waals surface area contributed by atoms with Crippen molar-refractivity contribution in [2.24, 2.45) is 0 Å². The summed E-state index contributed by atoms with van der Waals surface area (Å²) in [6.07, 6.45) is 0.861. The molecule has 1 heterocycles. The lowest BCUT2D eigenvalue weighted by Crippen LogP contribution is -2.81. The molecule has 2 rings (SSSR count). The van der Waals surface area contributed by atoms with Crippen molar-refractivity contribution in [3.05, 3.63) is 23.8 Å². The van der Waals surface area contributed by atoms with E-state index in [1.54, 1.807) is 26.0 Å². The molecule has 1 aliphatic heterocycles. The molecule has 1 fully saturated rings. The molecular formula is C16H25N2O3S+. The molecule has 0 spiro atoms. The molecule has 0 radical (unpaired) electrons.